The van der Waals surface area contributed by atoms with Crippen molar-refractivity contribution in [1.82, 2.24) is 15.5 Å². The van der Waals surface area contributed by atoms with Gasteiger partial charge < -0.3 is 5.32 Å². The molecule has 1 aliphatic rings. The Kier molecular flexibility index (Phi) is 2.53. The van der Waals surface area contributed by atoms with E-state index in [0.717, 1.165) is 0 Å². The van der Waals surface area contributed by atoms with Crippen molar-refractivity contribution >= 4 is 5.91 Å². The van der Waals surface area contributed by atoms with Crippen LogP contribution in [0.3, 0.4) is 0 Å². The molecule has 1 amide bonds. The van der Waals surface area contributed by atoms with E-state index in [9.17, 15) is 9.59 Å². The summed E-state index contributed by atoms with van der Waals surface area (Å²) in [6.07, 6.45) is 1.18. The number of amides is 1. The summed E-state index contributed by atoms with van der Waals surface area (Å²) in [5.41, 5.74) is -0.0507. The molecule has 0 saturated heterocycles. The monoisotopic (exact) mass is 207 g/mol. The summed E-state index contributed by atoms with van der Waals surface area (Å²) in [6.45, 7) is 2.86. The molecule has 1 fully saturated rings. The average Bonchev–Trinajstić information content (AvgIpc) is 2.92. The minimum absolute atomic E-state index is 0.231. The molecule has 0 aromatic carbocycles. The van der Waals surface area contributed by atoms with Gasteiger partial charge in [0.15, 0.2) is 0 Å². The van der Waals surface area contributed by atoms with Crippen molar-refractivity contribution in [3.8, 4) is 0 Å². The number of rotatable bonds is 3. The second kappa shape index (κ2) is 3.84. The van der Waals surface area contributed by atoms with Crippen molar-refractivity contribution in [3.05, 3.63) is 28.2 Å². The highest BCUT2D eigenvalue weighted by atomic mass is 16.2. The lowest BCUT2D eigenvalue weighted by atomic mass is 10.3. The maximum atomic E-state index is 11.5. The first-order valence-electron chi connectivity index (χ1n) is 5.01. The molecule has 0 spiro atoms. The topological polar surface area (TPSA) is 74.8 Å². The first-order valence-corrected chi connectivity index (χ1v) is 5.01. The van der Waals surface area contributed by atoms with Gasteiger partial charge in [-0.05, 0) is 24.3 Å². The van der Waals surface area contributed by atoms with Gasteiger partial charge in [0, 0.05) is 12.6 Å². The molecule has 2 N–H and O–H groups in total. The molecule has 1 aliphatic carbocycles. The average molecular weight is 207 g/mol. The Balaban J connectivity index is 1.90. The van der Waals surface area contributed by atoms with E-state index in [1.807, 2.05) is 0 Å². The van der Waals surface area contributed by atoms with E-state index in [1.54, 1.807) is 0 Å². The number of aromatic amines is 1. The van der Waals surface area contributed by atoms with Crippen LogP contribution in [0.4, 0.5) is 0 Å². The van der Waals surface area contributed by atoms with Crippen LogP contribution in [-0.2, 0) is 0 Å². The number of hydrogen-bond acceptors (Lipinski definition) is 3. The van der Waals surface area contributed by atoms with E-state index >= 15 is 0 Å². The molecule has 0 bridgehead atoms. The van der Waals surface area contributed by atoms with E-state index in [1.165, 1.54) is 18.6 Å². The summed E-state index contributed by atoms with van der Waals surface area (Å²) in [4.78, 5) is 22.2. The fourth-order valence-electron chi connectivity index (χ4n) is 1.47. The highest BCUT2D eigenvalue weighted by Crippen LogP contribution is 2.36. The molecule has 0 aliphatic heterocycles. The predicted octanol–water partition coefficient (Wildman–Crippen LogP) is 0.156. The molecule has 2 rings (SSSR count). The highest BCUT2D eigenvalue weighted by Gasteiger charge is 2.32. The third kappa shape index (κ3) is 2.43. The van der Waals surface area contributed by atoms with Crippen LogP contribution in [0.5, 0.6) is 0 Å². The van der Waals surface area contributed by atoms with Crippen LogP contribution >= 0.6 is 0 Å². The van der Waals surface area contributed by atoms with Crippen LogP contribution in [0.25, 0.3) is 0 Å². The fraction of sp³-hybridized carbons (Fsp3) is 0.500. The lowest BCUT2D eigenvalue weighted by Crippen LogP contribution is -2.27. The van der Waals surface area contributed by atoms with E-state index in [4.69, 9.17) is 0 Å². The van der Waals surface area contributed by atoms with Crippen molar-refractivity contribution in [1.29, 1.82) is 0 Å². The minimum atomic E-state index is -0.303. The summed E-state index contributed by atoms with van der Waals surface area (Å²) >= 11 is 0. The van der Waals surface area contributed by atoms with Gasteiger partial charge in [-0.3, -0.25) is 9.59 Å². The SMILES string of the molecule is C[C@@H]1C[C@H]1CNC(=O)c1ccc(=O)[nH]n1. The summed E-state index contributed by atoms with van der Waals surface area (Å²) in [5.74, 6) is 1.09. The number of carbonyl (C=O) groups is 1. The van der Waals surface area contributed by atoms with Gasteiger partial charge in [0.05, 0.1) is 0 Å². The number of nitrogens with zero attached hydrogens (tertiary/aromatic N) is 1. The molecule has 15 heavy (non-hydrogen) atoms. The van der Waals surface area contributed by atoms with Gasteiger partial charge in [-0.1, -0.05) is 6.92 Å². The number of H-pyrrole nitrogens is 1. The Morgan fingerprint density at radius 1 is 1.67 bits per heavy atom. The van der Waals surface area contributed by atoms with E-state index in [2.05, 4.69) is 22.4 Å². The molecule has 5 nitrogen and oxygen atoms in total. The second-order valence-corrected chi connectivity index (χ2v) is 3.99. The van der Waals surface area contributed by atoms with Gasteiger partial charge in [-0.2, -0.15) is 5.10 Å². The molecule has 0 unspecified atom stereocenters. The van der Waals surface area contributed by atoms with Gasteiger partial charge in [0.25, 0.3) is 11.5 Å². The summed E-state index contributed by atoms with van der Waals surface area (Å²) in [6, 6.07) is 2.71. The molecule has 1 aromatic heterocycles. The van der Waals surface area contributed by atoms with Crippen molar-refractivity contribution in [2.75, 3.05) is 6.54 Å². The van der Waals surface area contributed by atoms with Gasteiger partial charge in [-0.25, -0.2) is 5.10 Å². The summed E-state index contributed by atoms with van der Waals surface area (Å²) in [7, 11) is 0. The number of nitrogens with one attached hydrogen (secondary N) is 2. The fourth-order valence-corrected chi connectivity index (χ4v) is 1.47. The summed E-state index contributed by atoms with van der Waals surface area (Å²) in [5, 5.41) is 8.66. The van der Waals surface area contributed by atoms with Crippen molar-refractivity contribution in [3.63, 3.8) is 0 Å². The Hall–Kier alpha value is -1.65. The molecular weight excluding hydrogens is 194 g/mol. The molecule has 1 saturated carbocycles. The number of aromatic nitrogens is 2. The molecule has 1 heterocycles. The van der Waals surface area contributed by atoms with E-state index in [-0.39, 0.29) is 17.2 Å². The van der Waals surface area contributed by atoms with Crippen LogP contribution in [0.15, 0.2) is 16.9 Å². The van der Waals surface area contributed by atoms with Crippen LogP contribution < -0.4 is 10.9 Å². The maximum absolute atomic E-state index is 11.5. The predicted molar refractivity (Wildman–Crippen MR) is 54.5 cm³/mol. The zero-order valence-electron chi connectivity index (χ0n) is 8.49. The minimum Gasteiger partial charge on any atom is -0.350 e. The molecule has 1 aromatic rings. The molecular formula is C10H13N3O2. The molecule has 5 heteroatoms. The lowest BCUT2D eigenvalue weighted by Gasteiger charge is -2.02. The molecule has 0 radical (unpaired) electrons. The van der Waals surface area contributed by atoms with Crippen molar-refractivity contribution in [2.24, 2.45) is 11.8 Å². The van der Waals surface area contributed by atoms with E-state index in [0.29, 0.717) is 18.4 Å². The summed E-state index contributed by atoms with van der Waals surface area (Å²) < 4.78 is 0. The largest absolute Gasteiger partial charge is 0.350 e. The Bertz CT molecular complexity index is 406. The molecule has 2 atom stereocenters. The second-order valence-electron chi connectivity index (χ2n) is 3.99. The van der Waals surface area contributed by atoms with Crippen LogP contribution in [-0.4, -0.2) is 22.6 Å². The van der Waals surface area contributed by atoms with Crippen LogP contribution in [0.2, 0.25) is 0 Å². The van der Waals surface area contributed by atoms with Crippen molar-refractivity contribution in [2.45, 2.75) is 13.3 Å². The van der Waals surface area contributed by atoms with E-state index < -0.39 is 0 Å². The van der Waals surface area contributed by atoms with Gasteiger partial charge in [0.2, 0.25) is 0 Å². The maximum Gasteiger partial charge on any atom is 0.271 e. The van der Waals surface area contributed by atoms with Crippen molar-refractivity contribution < 1.29 is 4.79 Å². The third-order valence-electron chi connectivity index (χ3n) is 2.71. The first kappa shape index (κ1) is 9.89. The Morgan fingerprint density at radius 2 is 2.40 bits per heavy atom. The third-order valence-corrected chi connectivity index (χ3v) is 2.71. The van der Waals surface area contributed by atoms with Crippen LogP contribution in [0, 0.1) is 11.8 Å². The zero-order chi connectivity index (χ0) is 10.8. The standard InChI is InChI=1S/C10H13N3O2/c1-6-4-7(6)5-11-10(15)8-2-3-9(14)13-12-8/h2-3,6-7H,4-5H2,1H3,(H,11,15)(H,13,14)/t6-,7+/m1/s1. The van der Waals surface area contributed by atoms with Gasteiger partial charge in [-0.15, -0.1) is 0 Å². The lowest BCUT2D eigenvalue weighted by molar-refractivity contribution is 0.0945. The highest BCUT2D eigenvalue weighted by molar-refractivity contribution is 5.91. The first-order chi connectivity index (χ1) is 7.16. The Labute approximate surface area is 86.9 Å². The quantitative estimate of drug-likeness (QED) is 0.741. The number of hydrogen-bond donors (Lipinski definition) is 2. The Morgan fingerprint density at radius 3 is 2.93 bits per heavy atom. The smallest absolute Gasteiger partial charge is 0.271 e. The normalized spacial score (nSPS) is 23.5. The van der Waals surface area contributed by atoms with Crippen LogP contribution in [0.1, 0.15) is 23.8 Å². The zero-order valence-corrected chi connectivity index (χ0v) is 8.49. The van der Waals surface area contributed by atoms with Gasteiger partial charge in [0.1, 0.15) is 5.69 Å². The molecule has 80 valence electrons. The van der Waals surface area contributed by atoms with Gasteiger partial charge >= 0.3 is 0 Å². The number of carbonyl (C=O) groups excluding carboxylic acids is 1.